The summed E-state index contributed by atoms with van der Waals surface area (Å²) in [7, 11) is 0. The van der Waals surface area contributed by atoms with Gasteiger partial charge in [-0.15, -0.1) is 0 Å². The molecule has 0 aliphatic carbocycles. The second-order valence-electron chi connectivity index (χ2n) is 6.67. The number of aryl methyl sites for hydroxylation is 2. The van der Waals surface area contributed by atoms with Gasteiger partial charge in [0.15, 0.2) is 0 Å². The Morgan fingerprint density at radius 1 is 1.23 bits per heavy atom. The molecule has 2 N–H and O–H groups in total. The van der Waals surface area contributed by atoms with Gasteiger partial charge in [-0.25, -0.2) is 0 Å². The lowest BCUT2D eigenvalue weighted by Gasteiger charge is -2.22. The quantitative estimate of drug-likeness (QED) is 0.844. The first kappa shape index (κ1) is 17.3. The first-order chi connectivity index (χ1) is 10.4. The van der Waals surface area contributed by atoms with Gasteiger partial charge in [-0.2, -0.15) is 0 Å². The van der Waals surface area contributed by atoms with Crippen molar-refractivity contribution >= 4 is 0 Å². The summed E-state index contributed by atoms with van der Waals surface area (Å²) in [6, 6.07) is 4.14. The third-order valence-corrected chi connectivity index (χ3v) is 4.75. The van der Waals surface area contributed by atoms with Crippen LogP contribution in [0.3, 0.4) is 0 Å². The molecule has 124 valence electrons. The van der Waals surface area contributed by atoms with Gasteiger partial charge in [0.2, 0.25) is 0 Å². The normalized spacial score (nSPS) is 21.8. The number of aliphatic hydroxyl groups excluding tert-OH is 2. The van der Waals surface area contributed by atoms with Crippen LogP contribution in [-0.2, 0) is 0 Å². The molecule has 0 aromatic heterocycles. The van der Waals surface area contributed by atoms with E-state index in [0.717, 1.165) is 36.4 Å². The number of nitrogens with zero attached hydrogens (tertiary/aromatic N) is 1. The van der Waals surface area contributed by atoms with Gasteiger partial charge in [-0.1, -0.05) is 12.1 Å². The van der Waals surface area contributed by atoms with Crippen LogP contribution in [0.1, 0.15) is 30.0 Å². The summed E-state index contributed by atoms with van der Waals surface area (Å²) in [6.45, 7) is 10.7. The molecule has 1 aliphatic rings. The highest BCUT2D eigenvalue weighted by Gasteiger charge is 2.27. The molecule has 1 fully saturated rings. The molecule has 4 nitrogen and oxygen atoms in total. The molecule has 1 aliphatic heterocycles. The van der Waals surface area contributed by atoms with Gasteiger partial charge in [0.05, 0.1) is 6.10 Å². The van der Waals surface area contributed by atoms with Gasteiger partial charge < -0.3 is 19.8 Å². The SMILES string of the molecule is Cc1ccc(C)c(OCC(O)CN2CCC(C(C)O)C2)c1C. The van der Waals surface area contributed by atoms with Gasteiger partial charge in [0.1, 0.15) is 18.5 Å². The van der Waals surface area contributed by atoms with Crippen LogP contribution in [0.4, 0.5) is 0 Å². The van der Waals surface area contributed by atoms with E-state index in [2.05, 4.69) is 30.9 Å². The summed E-state index contributed by atoms with van der Waals surface area (Å²) < 4.78 is 5.87. The highest BCUT2D eigenvalue weighted by atomic mass is 16.5. The van der Waals surface area contributed by atoms with Gasteiger partial charge in [-0.3, -0.25) is 0 Å². The Morgan fingerprint density at radius 3 is 2.55 bits per heavy atom. The molecule has 1 aromatic rings. The maximum Gasteiger partial charge on any atom is 0.125 e. The lowest BCUT2D eigenvalue weighted by molar-refractivity contribution is 0.0692. The molecular formula is C18H29NO3. The Hall–Kier alpha value is -1.10. The van der Waals surface area contributed by atoms with Gasteiger partial charge in [0.25, 0.3) is 0 Å². The van der Waals surface area contributed by atoms with E-state index in [1.165, 1.54) is 5.56 Å². The van der Waals surface area contributed by atoms with E-state index in [0.29, 0.717) is 19.1 Å². The predicted molar refractivity (Wildman–Crippen MR) is 88.4 cm³/mol. The number of aliphatic hydroxyl groups is 2. The minimum atomic E-state index is -0.507. The van der Waals surface area contributed by atoms with Crippen LogP contribution in [0.2, 0.25) is 0 Å². The molecule has 3 unspecified atom stereocenters. The highest BCUT2D eigenvalue weighted by Crippen LogP contribution is 2.26. The van der Waals surface area contributed by atoms with Gasteiger partial charge in [-0.05, 0) is 63.3 Å². The second-order valence-corrected chi connectivity index (χ2v) is 6.67. The zero-order valence-corrected chi connectivity index (χ0v) is 14.2. The first-order valence-electron chi connectivity index (χ1n) is 8.16. The van der Waals surface area contributed by atoms with Crippen molar-refractivity contribution in [2.24, 2.45) is 5.92 Å². The largest absolute Gasteiger partial charge is 0.490 e. The number of rotatable bonds is 6. The topological polar surface area (TPSA) is 52.9 Å². The predicted octanol–water partition coefficient (Wildman–Crippen LogP) is 2.05. The van der Waals surface area contributed by atoms with E-state index in [-0.39, 0.29) is 6.10 Å². The first-order valence-corrected chi connectivity index (χ1v) is 8.16. The summed E-state index contributed by atoms with van der Waals surface area (Å²) >= 11 is 0. The molecule has 0 spiro atoms. The Bertz CT molecular complexity index is 501. The smallest absolute Gasteiger partial charge is 0.125 e. The van der Waals surface area contributed by atoms with Crippen molar-refractivity contribution in [1.82, 2.24) is 4.90 Å². The second kappa shape index (κ2) is 7.44. The van der Waals surface area contributed by atoms with Crippen LogP contribution in [0.25, 0.3) is 0 Å². The van der Waals surface area contributed by atoms with Crippen LogP contribution in [-0.4, -0.2) is 53.6 Å². The molecule has 4 heteroatoms. The fourth-order valence-corrected chi connectivity index (χ4v) is 3.10. The third-order valence-electron chi connectivity index (χ3n) is 4.75. The molecule has 1 saturated heterocycles. The Kier molecular flexibility index (Phi) is 5.84. The van der Waals surface area contributed by atoms with Crippen molar-refractivity contribution in [2.75, 3.05) is 26.2 Å². The average molecular weight is 307 g/mol. The average Bonchev–Trinajstić information content (AvgIpc) is 2.92. The number of benzene rings is 1. The Labute approximate surface area is 133 Å². The molecule has 22 heavy (non-hydrogen) atoms. The monoisotopic (exact) mass is 307 g/mol. The lowest BCUT2D eigenvalue weighted by atomic mass is 10.0. The van der Waals surface area contributed by atoms with Crippen molar-refractivity contribution in [2.45, 2.75) is 46.3 Å². The Morgan fingerprint density at radius 2 is 1.91 bits per heavy atom. The summed E-state index contributed by atoms with van der Waals surface area (Å²) in [4.78, 5) is 2.21. The van der Waals surface area contributed by atoms with E-state index in [4.69, 9.17) is 4.74 Å². The molecule has 3 atom stereocenters. The number of β-amino-alcohol motifs (C(OH)–C–C–N with tert-alkyl or cyclic N) is 1. The Balaban J connectivity index is 1.84. The van der Waals surface area contributed by atoms with Crippen molar-refractivity contribution in [3.05, 3.63) is 28.8 Å². The van der Waals surface area contributed by atoms with Crippen molar-refractivity contribution in [3.8, 4) is 5.75 Å². The standard InChI is InChI=1S/C18H29NO3/c1-12-5-6-13(2)18(14(12)3)22-11-17(21)10-19-8-7-16(9-19)15(4)20/h5-6,15-17,20-21H,7-11H2,1-4H3. The van der Waals surface area contributed by atoms with E-state index >= 15 is 0 Å². The molecule has 0 radical (unpaired) electrons. The summed E-state index contributed by atoms with van der Waals surface area (Å²) in [5.74, 6) is 1.22. The van der Waals surface area contributed by atoms with Crippen molar-refractivity contribution < 1.29 is 14.9 Å². The maximum atomic E-state index is 10.2. The fourth-order valence-electron chi connectivity index (χ4n) is 3.10. The molecule has 0 bridgehead atoms. The molecule has 0 saturated carbocycles. The summed E-state index contributed by atoms with van der Waals surface area (Å²) in [5, 5.41) is 19.8. The molecule has 2 rings (SSSR count). The highest BCUT2D eigenvalue weighted by molar-refractivity contribution is 5.44. The molecule has 1 heterocycles. The van der Waals surface area contributed by atoms with E-state index < -0.39 is 6.10 Å². The minimum Gasteiger partial charge on any atom is -0.490 e. The van der Waals surface area contributed by atoms with Crippen LogP contribution in [0, 0.1) is 26.7 Å². The summed E-state index contributed by atoms with van der Waals surface area (Å²) in [5.41, 5.74) is 3.45. The number of likely N-dealkylation sites (tertiary alicyclic amines) is 1. The van der Waals surface area contributed by atoms with Crippen LogP contribution in [0.15, 0.2) is 12.1 Å². The van der Waals surface area contributed by atoms with Crippen molar-refractivity contribution in [3.63, 3.8) is 0 Å². The van der Waals surface area contributed by atoms with Gasteiger partial charge >= 0.3 is 0 Å². The van der Waals surface area contributed by atoms with Crippen LogP contribution < -0.4 is 4.74 Å². The van der Waals surface area contributed by atoms with Crippen molar-refractivity contribution in [1.29, 1.82) is 0 Å². The number of hydrogen-bond donors (Lipinski definition) is 2. The molecule has 0 amide bonds. The van der Waals surface area contributed by atoms with E-state index in [1.54, 1.807) is 0 Å². The maximum absolute atomic E-state index is 10.2. The lowest BCUT2D eigenvalue weighted by Crippen LogP contribution is -2.35. The van der Waals surface area contributed by atoms with E-state index in [1.807, 2.05) is 13.8 Å². The van der Waals surface area contributed by atoms with E-state index in [9.17, 15) is 10.2 Å². The van der Waals surface area contributed by atoms with Gasteiger partial charge in [0, 0.05) is 13.1 Å². The van der Waals surface area contributed by atoms with Crippen LogP contribution >= 0.6 is 0 Å². The minimum absolute atomic E-state index is 0.268. The number of ether oxygens (including phenoxy) is 1. The third kappa shape index (κ3) is 4.22. The molecular weight excluding hydrogens is 278 g/mol. The fraction of sp³-hybridized carbons (Fsp3) is 0.667. The zero-order chi connectivity index (χ0) is 16.3. The number of hydrogen-bond acceptors (Lipinski definition) is 4. The zero-order valence-electron chi connectivity index (χ0n) is 14.2. The molecule has 1 aromatic carbocycles. The summed E-state index contributed by atoms with van der Waals surface area (Å²) in [6.07, 6.45) is 0.226. The van der Waals surface area contributed by atoms with Crippen LogP contribution in [0.5, 0.6) is 5.75 Å².